The number of methoxy groups -OCH3 is 1. The summed E-state index contributed by atoms with van der Waals surface area (Å²) < 4.78 is 5.26. The number of amides is 1. The van der Waals surface area contributed by atoms with E-state index in [9.17, 15) is 9.59 Å². The van der Waals surface area contributed by atoms with Gasteiger partial charge in [0.25, 0.3) is 11.5 Å². The number of benzene rings is 1. The van der Waals surface area contributed by atoms with E-state index in [1.54, 1.807) is 20.1 Å². The number of aromatic amines is 1. The summed E-state index contributed by atoms with van der Waals surface area (Å²) in [6.07, 6.45) is 2.17. The second kappa shape index (κ2) is 6.74. The molecule has 1 heterocycles. The van der Waals surface area contributed by atoms with E-state index in [0.29, 0.717) is 18.5 Å². The molecule has 2 N–H and O–H groups in total. The van der Waals surface area contributed by atoms with Crippen LogP contribution in [-0.4, -0.2) is 24.5 Å². The maximum absolute atomic E-state index is 12.1. The lowest BCUT2D eigenvalue weighted by Crippen LogP contribution is -2.31. The van der Waals surface area contributed by atoms with Gasteiger partial charge >= 0.3 is 0 Å². The van der Waals surface area contributed by atoms with E-state index in [0.717, 1.165) is 11.3 Å². The van der Waals surface area contributed by atoms with Crippen molar-refractivity contribution >= 4 is 5.91 Å². The number of pyridine rings is 1. The Morgan fingerprint density at radius 1 is 1.29 bits per heavy atom. The van der Waals surface area contributed by atoms with Gasteiger partial charge in [-0.1, -0.05) is 18.2 Å². The molecular formula is C16H18N2O3. The van der Waals surface area contributed by atoms with E-state index in [1.807, 2.05) is 24.3 Å². The van der Waals surface area contributed by atoms with Gasteiger partial charge in [0, 0.05) is 12.7 Å². The average Bonchev–Trinajstić information content (AvgIpc) is 2.47. The maximum Gasteiger partial charge on any atom is 0.261 e. The molecule has 5 heteroatoms. The second-order valence-corrected chi connectivity index (χ2v) is 4.68. The molecule has 0 bridgehead atoms. The van der Waals surface area contributed by atoms with Crippen LogP contribution in [0.25, 0.3) is 0 Å². The number of hydrogen-bond acceptors (Lipinski definition) is 3. The van der Waals surface area contributed by atoms with Crippen LogP contribution in [0.1, 0.15) is 21.5 Å². The van der Waals surface area contributed by atoms with Crippen molar-refractivity contribution in [2.45, 2.75) is 13.3 Å². The average molecular weight is 286 g/mol. The van der Waals surface area contributed by atoms with Crippen molar-refractivity contribution in [2.24, 2.45) is 0 Å². The SMILES string of the molecule is COc1ccccc1CCNC(=O)c1c(C)cc[nH]c1=O. The fraction of sp³-hybridized carbons (Fsp3) is 0.250. The molecule has 0 unspecified atom stereocenters. The van der Waals surface area contributed by atoms with Crippen molar-refractivity contribution in [3.8, 4) is 5.75 Å². The van der Waals surface area contributed by atoms with Crippen molar-refractivity contribution in [3.05, 3.63) is 63.6 Å². The topological polar surface area (TPSA) is 71.2 Å². The van der Waals surface area contributed by atoms with Crippen LogP contribution in [0.5, 0.6) is 5.75 Å². The summed E-state index contributed by atoms with van der Waals surface area (Å²) in [5.74, 6) is 0.435. The van der Waals surface area contributed by atoms with Crippen LogP contribution in [0.15, 0.2) is 41.3 Å². The second-order valence-electron chi connectivity index (χ2n) is 4.68. The number of aryl methyl sites for hydroxylation is 1. The minimum atomic E-state index is -0.371. The van der Waals surface area contributed by atoms with E-state index in [4.69, 9.17) is 4.74 Å². The Kier molecular flexibility index (Phi) is 4.77. The van der Waals surface area contributed by atoms with Gasteiger partial charge in [-0.2, -0.15) is 0 Å². The molecule has 0 spiro atoms. The van der Waals surface area contributed by atoms with E-state index in [2.05, 4.69) is 10.3 Å². The first-order valence-corrected chi connectivity index (χ1v) is 6.72. The molecule has 110 valence electrons. The summed E-state index contributed by atoms with van der Waals surface area (Å²) in [6.45, 7) is 2.18. The molecule has 1 aromatic heterocycles. The van der Waals surface area contributed by atoms with Crippen molar-refractivity contribution in [3.63, 3.8) is 0 Å². The van der Waals surface area contributed by atoms with Gasteiger partial charge in [-0.3, -0.25) is 9.59 Å². The predicted octanol–water partition coefficient (Wildman–Crippen LogP) is 1.66. The zero-order valence-corrected chi connectivity index (χ0v) is 12.1. The van der Waals surface area contributed by atoms with E-state index >= 15 is 0 Å². The minimum absolute atomic E-state index is 0.164. The highest BCUT2D eigenvalue weighted by molar-refractivity contribution is 5.95. The first-order chi connectivity index (χ1) is 10.1. The monoisotopic (exact) mass is 286 g/mol. The van der Waals surface area contributed by atoms with Crippen molar-refractivity contribution < 1.29 is 9.53 Å². The van der Waals surface area contributed by atoms with Crippen LogP contribution in [0.4, 0.5) is 0 Å². The Bertz CT molecular complexity index is 692. The fourth-order valence-corrected chi connectivity index (χ4v) is 2.17. The molecule has 0 atom stereocenters. The molecule has 0 saturated heterocycles. The van der Waals surface area contributed by atoms with Crippen LogP contribution in [0.3, 0.4) is 0 Å². The zero-order valence-electron chi connectivity index (χ0n) is 12.1. The standard InChI is InChI=1S/C16H18N2O3/c1-11-7-9-17-15(19)14(11)16(20)18-10-8-12-5-3-4-6-13(12)21-2/h3-7,9H,8,10H2,1-2H3,(H,17,19)(H,18,20). The Labute approximate surface area is 123 Å². The molecule has 21 heavy (non-hydrogen) atoms. The highest BCUT2D eigenvalue weighted by Gasteiger charge is 2.12. The minimum Gasteiger partial charge on any atom is -0.496 e. The first-order valence-electron chi connectivity index (χ1n) is 6.72. The third kappa shape index (κ3) is 3.51. The molecule has 0 aliphatic carbocycles. The van der Waals surface area contributed by atoms with Gasteiger partial charge in [0.05, 0.1) is 7.11 Å². The van der Waals surface area contributed by atoms with Gasteiger partial charge in [-0.05, 0) is 36.6 Å². The number of hydrogen-bond donors (Lipinski definition) is 2. The van der Waals surface area contributed by atoms with E-state index in [-0.39, 0.29) is 17.0 Å². The summed E-state index contributed by atoms with van der Waals surface area (Å²) in [7, 11) is 1.62. The number of nitrogens with one attached hydrogen (secondary N) is 2. The van der Waals surface area contributed by atoms with Gasteiger partial charge in [-0.25, -0.2) is 0 Å². The zero-order chi connectivity index (χ0) is 15.2. The van der Waals surface area contributed by atoms with Gasteiger partial charge < -0.3 is 15.0 Å². The molecule has 0 radical (unpaired) electrons. The molecule has 2 aromatic rings. The molecular weight excluding hydrogens is 268 g/mol. The lowest BCUT2D eigenvalue weighted by molar-refractivity contribution is 0.0952. The van der Waals surface area contributed by atoms with Crippen molar-refractivity contribution in [2.75, 3.05) is 13.7 Å². The Morgan fingerprint density at radius 3 is 2.76 bits per heavy atom. The summed E-state index contributed by atoms with van der Waals surface area (Å²) >= 11 is 0. The van der Waals surface area contributed by atoms with Gasteiger partial charge in [0.15, 0.2) is 0 Å². The van der Waals surface area contributed by atoms with Gasteiger partial charge in [-0.15, -0.1) is 0 Å². The number of ether oxygens (including phenoxy) is 1. The lowest BCUT2D eigenvalue weighted by atomic mass is 10.1. The first kappa shape index (κ1) is 14.8. The van der Waals surface area contributed by atoms with E-state index in [1.165, 1.54) is 6.20 Å². The Morgan fingerprint density at radius 2 is 2.05 bits per heavy atom. The third-order valence-electron chi connectivity index (χ3n) is 3.27. The summed E-state index contributed by atoms with van der Waals surface area (Å²) in [5.41, 5.74) is 1.47. The van der Waals surface area contributed by atoms with Gasteiger partial charge in [0.1, 0.15) is 11.3 Å². The molecule has 0 saturated carbocycles. The molecule has 0 aliphatic heterocycles. The molecule has 0 fully saturated rings. The van der Waals surface area contributed by atoms with Crippen molar-refractivity contribution in [1.29, 1.82) is 0 Å². The van der Waals surface area contributed by atoms with E-state index < -0.39 is 0 Å². The van der Waals surface area contributed by atoms with Crippen LogP contribution in [0.2, 0.25) is 0 Å². The molecule has 1 amide bonds. The van der Waals surface area contributed by atoms with Gasteiger partial charge in [0.2, 0.25) is 0 Å². The summed E-state index contributed by atoms with van der Waals surface area (Å²) in [5, 5.41) is 2.77. The maximum atomic E-state index is 12.1. The number of carbonyl (C=O) groups is 1. The number of carbonyl (C=O) groups excluding carboxylic acids is 1. The largest absolute Gasteiger partial charge is 0.496 e. The van der Waals surface area contributed by atoms with Crippen LogP contribution < -0.4 is 15.6 Å². The summed E-state index contributed by atoms with van der Waals surface area (Å²) in [6, 6.07) is 9.35. The van der Waals surface area contributed by atoms with Crippen molar-refractivity contribution in [1.82, 2.24) is 10.3 Å². The summed E-state index contributed by atoms with van der Waals surface area (Å²) in [4.78, 5) is 26.3. The lowest BCUT2D eigenvalue weighted by Gasteiger charge is -2.09. The quantitative estimate of drug-likeness (QED) is 0.878. The smallest absolute Gasteiger partial charge is 0.261 e. The number of aromatic nitrogens is 1. The molecule has 2 rings (SSSR count). The molecule has 5 nitrogen and oxygen atoms in total. The van der Waals surface area contributed by atoms with Crippen LogP contribution in [0, 0.1) is 6.92 Å². The fourth-order valence-electron chi connectivity index (χ4n) is 2.17. The van der Waals surface area contributed by atoms with Crippen LogP contribution >= 0.6 is 0 Å². The Hall–Kier alpha value is -2.56. The number of para-hydroxylation sites is 1. The highest BCUT2D eigenvalue weighted by atomic mass is 16.5. The number of H-pyrrole nitrogens is 1. The highest BCUT2D eigenvalue weighted by Crippen LogP contribution is 2.17. The van der Waals surface area contributed by atoms with Crippen LogP contribution in [-0.2, 0) is 6.42 Å². The normalized spacial score (nSPS) is 10.2. The molecule has 0 aliphatic rings. The molecule has 1 aromatic carbocycles. The number of rotatable bonds is 5. The predicted molar refractivity (Wildman–Crippen MR) is 80.8 cm³/mol. The Balaban J connectivity index is 2.01. The third-order valence-corrected chi connectivity index (χ3v) is 3.27.